The van der Waals surface area contributed by atoms with Gasteiger partial charge in [0.25, 0.3) is 0 Å². The van der Waals surface area contributed by atoms with E-state index in [2.05, 4.69) is 31.2 Å². The van der Waals surface area contributed by atoms with E-state index in [1.807, 2.05) is 18.2 Å². The number of nitriles is 1. The van der Waals surface area contributed by atoms with Crippen LogP contribution in [0.25, 0.3) is 20.2 Å². The van der Waals surface area contributed by atoms with Crippen molar-refractivity contribution in [2.75, 3.05) is 0 Å². The highest BCUT2D eigenvalue weighted by Gasteiger charge is 2.05. The Bertz CT molecular complexity index is 731. The predicted octanol–water partition coefficient (Wildman–Crippen LogP) is 4.23. The first-order valence-electron chi connectivity index (χ1n) is 5.11. The fourth-order valence-electron chi connectivity index (χ4n) is 1.96. The fraction of sp³-hybridized carbons (Fsp3) is 0.0714. The molecule has 0 bridgehead atoms. The van der Waals surface area contributed by atoms with E-state index in [4.69, 9.17) is 5.26 Å². The Labute approximate surface area is 97.6 Å². The monoisotopic (exact) mass is 223 g/mol. The Hall–Kier alpha value is -1.85. The molecule has 2 aromatic carbocycles. The van der Waals surface area contributed by atoms with Crippen LogP contribution in [0, 0.1) is 18.3 Å². The Morgan fingerprint density at radius 1 is 1.00 bits per heavy atom. The maximum atomic E-state index is 8.91. The molecule has 0 radical (unpaired) electrons. The second-order valence-corrected chi connectivity index (χ2v) is 5.01. The van der Waals surface area contributed by atoms with Gasteiger partial charge in [-0.3, -0.25) is 0 Å². The maximum absolute atomic E-state index is 8.91. The average Bonchev–Trinajstić information content (AvgIpc) is 2.66. The standard InChI is InChI=1S/C14H9NS/c1-9-2-4-13-11(6-9)12-7-10(8-15)3-5-14(12)16-13/h2-7H,1H3. The van der Waals surface area contributed by atoms with E-state index in [1.165, 1.54) is 25.7 Å². The molecule has 0 fully saturated rings. The van der Waals surface area contributed by atoms with Crippen LogP contribution in [-0.4, -0.2) is 0 Å². The summed E-state index contributed by atoms with van der Waals surface area (Å²) in [5, 5.41) is 11.4. The van der Waals surface area contributed by atoms with Crippen LogP contribution in [0.1, 0.15) is 11.1 Å². The van der Waals surface area contributed by atoms with Crippen LogP contribution in [0.2, 0.25) is 0 Å². The molecular formula is C14H9NS. The predicted molar refractivity (Wildman–Crippen MR) is 68.8 cm³/mol. The number of thiophene rings is 1. The zero-order valence-electron chi connectivity index (χ0n) is 8.82. The van der Waals surface area contributed by atoms with Gasteiger partial charge in [0.15, 0.2) is 0 Å². The molecule has 0 aliphatic heterocycles. The summed E-state index contributed by atoms with van der Waals surface area (Å²) in [5.74, 6) is 0. The van der Waals surface area contributed by atoms with Crippen LogP contribution in [-0.2, 0) is 0 Å². The van der Waals surface area contributed by atoms with Crippen molar-refractivity contribution in [1.82, 2.24) is 0 Å². The van der Waals surface area contributed by atoms with E-state index in [1.54, 1.807) is 11.3 Å². The normalized spacial score (nSPS) is 10.8. The molecule has 0 N–H and O–H groups in total. The first-order chi connectivity index (χ1) is 7.78. The number of benzene rings is 2. The summed E-state index contributed by atoms with van der Waals surface area (Å²) >= 11 is 1.78. The van der Waals surface area contributed by atoms with Crippen LogP contribution in [0.3, 0.4) is 0 Å². The molecule has 3 rings (SSSR count). The zero-order valence-corrected chi connectivity index (χ0v) is 9.64. The molecule has 0 amide bonds. The van der Waals surface area contributed by atoms with Crippen LogP contribution < -0.4 is 0 Å². The molecule has 1 nitrogen and oxygen atoms in total. The third-order valence-electron chi connectivity index (χ3n) is 2.75. The highest BCUT2D eigenvalue weighted by molar-refractivity contribution is 7.25. The molecule has 0 unspecified atom stereocenters. The number of fused-ring (bicyclic) bond motifs is 3. The summed E-state index contributed by atoms with van der Waals surface area (Å²) in [5.41, 5.74) is 1.99. The molecule has 0 aliphatic carbocycles. The van der Waals surface area contributed by atoms with E-state index in [0.717, 1.165) is 5.56 Å². The van der Waals surface area contributed by atoms with Crippen LogP contribution in [0.15, 0.2) is 36.4 Å². The van der Waals surface area contributed by atoms with Gasteiger partial charge in [-0.15, -0.1) is 11.3 Å². The Balaban J connectivity index is 2.50. The van der Waals surface area contributed by atoms with Crippen molar-refractivity contribution in [2.45, 2.75) is 6.92 Å². The Morgan fingerprint density at radius 3 is 2.44 bits per heavy atom. The third kappa shape index (κ3) is 1.30. The zero-order chi connectivity index (χ0) is 11.1. The Morgan fingerprint density at radius 2 is 1.69 bits per heavy atom. The SMILES string of the molecule is Cc1ccc2sc3ccc(C#N)cc3c2c1. The molecule has 0 atom stereocenters. The average molecular weight is 223 g/mol. The topological polar surface area (TPSA) is 23.8 Å². The lowest BCUT2D eigenvalue weighted by molar-refractivity contribution is 1.50. The van der Waals surface area contributed by atoms with Gasteiger partial charge < -0.3 is 0 Å². The minimum absolute atomic E-state index is 0.730. The first kappa shape index (κ1) is 9.38. The summed E-state index contributed by atoms with van der Waals surface area (Å²) in [6.07, 6.45) is 0. The number of rotatable bonds is 0. The second-order valence-electron chi connectivity index (χ2n) is 3.92. The van der Waals surface area contributed by atoms with Crippen molar-refractivity contribution >= 4 is 31.5 Å². The van der Waals surface area contributed by atoms with Crippen LogP contribution in [0.4, 0.5) is 0 Å². The fourth-order valence-corrected chi connectivity index (χ4v) is 3.03. The van der Waals surface area contributed by atoms with E-state index in [9.17, 15) is 0 Å². The van der Waals surface area contributed by atoms with E-state index in [0.29, 0.717) is 0 Å². The number of hydrogen-bond donors (Lipinski definition) is 0. The molecule has 0 saturated heterocycles. The van der Waals surface area contributed by atoms with Crippen molar-refractivity contribution in [3.63, 3.8) is 0 Å². The molecule has 0 saturated carbocycles. The quantitative estimate of drug-likeness (QED) is 0.559. The number of aryl methyl sites for hydroxylation is 1. The van der Waals surface area contributed by atoms with Crippen molar-refractivity contribution in [3.8, 4) is 6.07 Å². The van der Waals surface area contributed by atoms with Gasteiger partial charge in [-0.1, -0.05) is 11.6 Å². The molecule has 16 heavy (non-hydrogen) atoms. The van der Waals surface area contributed by atoms with Gasteiger partial charge >= 0.3 is 0 Å². The molecule has 2 heteroatoms. The Kier molecular flexibility index (Phi) is 1.95. The van der Waals surface area contributed by atoms with Gasteiger partial charge in [0.05, 0.1) is 11.6 Å². The molecule has 0 aliphatic rings. The molecule has 0 spiro atoms. The molecule has 1 heterocycles. The van der Waals surface area contributed by atoms with Gasteiger partial charge in [-0.2, -0.15) is 5.26 Å². The molecule has 76 valence electrons. The number of nitrogens with zero attached hydrogens (tertiary/aromatic N) is 1. The lowest BCUT2D eigenvalue weighted by Crippen LogP contribution is -1.73. The van der Waals surface area contributed by atoms with Gasteiger partial charge in [-0.05, 0) is 37.3 Å². The van der Waals surface area contributed by atoms with Gasteiger partial charge in [0.1, 0.15) is 0 Å². The minimum Gasteiger partial charge on any atom is -0.192 e. The van der Waals surface area contributed by atoms with Gasteiger partial charge in [0, 0.05) is 20.2 Å². The highest BCUT2D eigenvalue weighted by Crippen LogP contribution is 2.34. The van der Waals surface area contributed by atoms with E-state index >= 15 is 0 Å². The highest BCUT2D eigenvalue weighted by atomic mass is 32.1. The van der Waals surface area contributed by atoms with Gasteiger partial charge in [-0.25, -0.2) is 0 Å². The maximum Gasteiger partial charge on any atom is 0.0991 e. The summed E-state index contributed by atoms with van der Waals surface area (Å²) < 4.78 is 2.54. The van der Waals surface area contributed by atoms with E-state index in [-0.39, 0.29) is 0 Å². The first-order valence-corrected chi connectivity index (χ1v) is 5.92. The summed E-state index contributed by atoms with van der Waals surface area (Å²) in [6.45, 7) is 2.09. The second kappa shape index (κ2) is 3.33. The number of hydrogen-bond acceptors (Lipinski definition) is 2. The van der Waals surface area contributed by atoms with Crippen molar-refractivity contribution in [3.05, 3.63) is 47.5 Å². The minimum atomic E-state index is 0.730. The molecule has 3 aromatic rings. The third-order valence-corrected chi connectivity index (χ3v) is 3.91. The lowest BCUT2D eigenvalue weighted by Gasteiger charge is -1.94. The molecular weight excluding hydrogens is 214 g/mol. The largest absolute Gasteiger partial charge is 0.192 e. The lowest BCUT2D eigenvalue weighted by atomic mass is 10.1. The van der Waals surface area contributed by atoms with Crippen molar-refractivity contribution < 1.29 is 0 Å². The van der Waals surface area contributed by atoms with Gasteiger partial charge in [0.2, 0.25) is 0 Å². The summed E-state index contributed by atoms with van der Waals surface area (Å²) in [6, 6.07) is 14.6. The van der Waals surface area contributed by atoms with Crippen LogP contribution in [0.5, 0.6) is 0 Å². The van der Waals surface area contributed by atoms with Crippen molar-refractivity contribution in [1.29, 1.82) is 5.26 Å². The van der Waals surface area contributed by atoms with Crippen LogP contribution >= 0.6 is 11.3 Å². The molecule has 1 aromatic heterocycles. The summed E-state index contributed by atoms with van der Waals surface area (Å²) in [7, 11) is 0. The smallest absolute Gasteiger partial charge is 0.0991 e. The van der Waals surface area contributed by atoms with E-state index < -0.39 is 0 Å². The summed E-state index contributed by atoms with van der Waals surface area (Å²) in [4.78, 5) is 0. The van der Waals surface area contributed by atoms with Crippen molar-refractivity contribution in [2.24, 2.45) is 0 Å².